The number of hydrogen-bond donors (Lipinski definition) is 0. The summed E-state index contributed by atoms with van der Waals surface area (Å²) in [5.74, 6) is 0.260. The fourth-order valence-corrected chi connectivity index (χ4v) is 3.20. The molecule has 1 fully saturated rings. The van der Waals surface area contributed by atoms with Crippen molar-refractivity contribution in [2.75, 3.05) is 39.3 Å². The molecule has 0 atom stereocenters. The molecular formula is C20H33N3O. The van der Waals surface area contributed by atoms with Crippen molar-refractivity contribution >= 4 is 5.91 Å². The summed E-state index contributed by atoms with van der Waals surface area (Å²) in [5.41, 5.74) is 2.47. The van der Waals surface area contributed by atoms with Crippen LogP contribution in [0.3, 0.4) is 0 Å². The van der Waals surface area contributed by atoms with Crippen molar-refractivity contribution in [2.45, 2.75) is 46.7 Å². The molecule has 1 amide bonds. The van der Waals surface area contributed by atoms with Gasteiger partial charge in [-0.2, -0.15) is 0 Å². The number of rotatable bonds is 7. The minimum absolute atomic E-state index is 0.260. The Labute approximate surface area is 147 Å². The normalized spacial score (nSPS) is 16.5. The van der Waals surface area contributed by atoms with Gasteiger partial charge in [0.15, 0.2) is 0 Å². The van der Waals surface area contributed by atoms with Crippen LogP contribution >= 0.6 is 0 Å². The standard InChI is InChI=1S/C20H33N3O/c1-5-10-23(15-19-8-6-18(4)7-9-19)20(24)16-21-11-13-22(14-12-21)17(2)3/h6-9,17H,5,10-16H2,1-4H3. The van der Waals surface area contributed by atoms with Crippen LogP contribution in [0.5, 0.6) is 0 Å². The molecule has 1 aromatic rings. The zero-order valence-corrected chi connectivity index (χ0v) is 15.8. The molecule has 0 bridgehead atoms. The first-order valence-corrected chi connectivity index (χ1v) is 9.29. The lowest BCUT2D eigenvalue weighted by atomic mass is 10.1. The van der Waals surface area contributed by atoms with Crippen LogP contribution in [0, 0.1) is 6.92 Å². The van der Waals surface area contributed by atoms with Gasteiger partial charge in [-0.3, -0.25) is 14.6 Å². The third-order valence-electron chi connectivity index (χ3n) is 4.84. The van der Waals surface area contributed by atoms with E-state index in [-0.39, 0.29) is 5.91 Å². The fraction of sp³-hybridized carbons (Fsp3) is 0.650. The Morgan fingerprint density at radius 2 is 1.75 bits per heavy atom. The fourth-order valence-electron chi connectivity index (χ4n) is 3.20. The number of carbonyl (C=O) groups is 1. The molecule has 1 aliphatic rings. The molecule has 4 heteroatoms. The van der Waals surface area contributed by atoms with Crippen LogP contribution in [0.1, 0.15) is 38.3 Å². The second-order valence-corrected chi connectivity index (χ2v) is 7.21. The van der Waals surface area contributed by atoms with Crippen LogP contribution in [0.4, 0.5) is 0 Å². The third-order valence-corrected chi connectivity index (χ3v) is 4.84. The Kier molecular flexibility index (Phi) is 7.25. The van der Waals surface area contributed by atoms with Gasteiger partial charge in [0.1, 0.15) is 0 Å². The highest BCUT2D eigenvalue weighted by Gasteiger charge is 2.22. The largest absolute Gasteiger partial charge is 0.337 e. The molecule has 4 nitrogen and oxygen atoms in total. The van der Waals surface area contributed by atoms with E-state index >= 15 is 0 Å². The van der Waals surface area contributed by atoms with Gasteiger partial charge in [0.25, 0.3) is 0 Å². The summed E-state index contributed by atoms with van der Waals surface area (Å²) in [4.78, 5) is 19.6. The van der Waals surface area contributed by atoms with Gasteiger partial charge in [-0.25, -0.2) is 0 Å². The molecule has 24 heavy (non-hydrogen) atoms. The molecular weight excluding hydrogens is 298 g/mol. The summed E-state index contributed by atoms with van der Waals surface area (Å²) in [5, 5.41) is 0. The number of hydrogen-bond acceptors (Lipinski definition) is 3. The Balaban J connectivity index is 1.88. The Morgan fingerprint density at radius 1 is 1.12 bits per heavy atom. The number of aryl methyl sites for hydroxylation is 1. The summed E-state index contributed by atoms with van der Waals surface area (Å²) >= 11 is 0. The molecule has 0 saturated carbocycles. The molecule has 0 spiro atoms. The number of amides is 1. The van der Waals surface area contributed by atoms with Crippen LogP contribution in [0.25, 0.3) is 0 Å². The van der Waals surface area contributed by atoms with Gasteiger partial charge in [0.05, 0.1) is 6.54 Å². The van der Waals surface area contributed by atoms with Crippen LogP contribution in [-0.4, -0.2) is 65.9 Å². The van der Waals surface area contributed by atoms with Crippen molar-refractivity contribution in [1.82, 2.24) is 14.7 Å². The van der Waals surface area contributed by atoms with E-state index in [1.165, 1.54) is 11.1 Å². The third kappa shape index (κ3) is 5.60. The molecule has 0 aromatic heterocycles. The first-order chi connectivity index (χ1) is 11.5. The summed E-state index contributed by atoms with van der Waals surface area (Å²) < 4.78 is 0. The molecule has 2 rings (SSSR count). The van der Waals surface area contributed by atoms with Gasteiger partial charge >= 0.3 is 0 Å². The van der Waals surface area contributed by atoms with Gasteiger partial charge in [-0.05, 0) is 32.8 Å². The Bertz CT molecular complexity index is 504. The number of benzene rings is 1. The van der Waals surface area contributed by atoms with E-state index in [0.717, 1.165) is 45.7 Å². The van der Waals surface area contributed by atoms with E-state index in [4.69, 9.17) is 0 Å². The van der Waals surface area contributed by atoms with Crippen LogP contribution in [0.15, 0.2) is 24.3 Å². The smallest absolute Gasteiger partial charge is 0.237 e. The topological polar surface area (TPSA) is 26.8 Å². The lowest BCUT2D eigenvalue weighted by Crippen LogP contribution is -2.51. The first-order valence-electron chi connectivity index (χ1n) is 9.29. The van der Waals surface area contributed by atoms with E-state index in [2.05, 4.69) is 61.8 Å². The average molecular weight is 332 g/mol. The van der Waals surface area contributed by atoms with Crippen LogP contribution in [-0.2, 0) is 11.3 Å². The van der Waals surface area contributed by atoms with Crippen LogP contribution < -0.4 is 0 Å². The van der Waals surface area contributed by atoms with Crippen molar-refractivity contribution < 1.29 is 4.79 Å². The molecule has 0 unspecified atom stereocenters. The first kappa shape index (κ1) is 18.9. The monoisotopic (exact) mass is 331 g/mol. The van der Waals surface area contributed by atoms with Gasteiger partial charge in [-0.1, -0.05) is 36.8 Å². The molecule has 0 N–H and O–H groups in total. The molecule has 1 aliphatic heterocycles. The SMILES string of the molecule is CCCN(Cc1ccc(C)cc1)C(=O)CN1CCN(C(C)C)CC1. The highest BCUT2D eigenvalue weighted by molar-refractivity contribution is 5.78. The van der Waals surface area contributed by atoms with Crippen molar-refractivity contribution in [3.05, 3.63) is 35.4 Å². The zero-order valence-electron chi connectivity index (χ0n) is 15.8. The van der Waals surface area contributed by atoms with E-state index in [0.29, 0.717) is 12.6 Å². The average Bonchev–Trinajstić information content (AvgIpc) is 2.57. The molecule has 134 valence electrons. The van der Waals surface area contributed by atoms with E-state index in [1.54, 1.807) is 0 Å². The Morgan fingerprint density at radius 3 is 2.29 bits per heavy atom. The molecule has 0 aliphatic carbocycles. The summed E-state index contributed by atoms with van der Waals surface area (Å²) in [6, 6.07) is 9.10. The lowest BCUT2D eigenvalue weighted by molar-refractivity contribution is -0.133. The minimum atomic E-state index is 0.260. The molecule has 0 radical (unpaired) electrons. The van der Waals surface area contributed by atoms with Crippen molar-refractivity contribution in [2.24, 2.45) is 0 Å². The Hall–Kier alpha value is -1.39. The summed E-state index contributed by atoms with van der Waals surface area (Å²) in [7, 11) is 0. The van der Waals surface area contributed by atoms with E-state index < -0.39 is 0 Å². The predicted molar refractivity (Wildman–Crippen MR) is 100 cm³/mol. The molecule has 1 heterocycles. The van der Waals surface area contributed by atoms with Crippen molar-refractivity contribution in [1.29, 1.82) is 0 Å². The quantitative estimate of drug-likeness (QED) is 0.769. The van der Waals surface area contributed by atoms with Crippen LogP contribution in [0.2, 0.25) is 0 Å². The highest BCUT2D eigenvalue weighted by Crippen LogP contribution is 2.10. The number of carbonyl (C=O) groups excluding carboxylic acids is 1. The van der Waals surface area contributed by atoms with Crippen molar-refractivity contribution in [3.63, 3.8) is 0 Å². The summed E-state index contributed by atoms with van der Waals surface area (Å²) in [6.45, 7) is 14.9. The number of nitrogens with zero attached hydrogens (tertiary/aromatic N) is 3. The van der Waals surface area contributed by atoms with Gasteiger partial charge in [-0.15, -0.1) is 0 Å². The van der Waals surface area contributed by atoms with Gasteiger partial charge in [0, 0.05) is 45.3 Å². The lowest BCUT2D eigenvalue weighted by Gasteiger charge is -2.37. The van der Waals surface area contributed by atoms with Gasteiger partial charge in [0.2, 0.25) is 5.91 Å². The predicted octanol–water partition coefficient (Wildman–Crippen LogP) is 2.76. The zero-order chi connectivity index (χ0) is 17.5. The maximum Gasteiger partial charge on any atom is 0.237 e. The molecule has 1 aromatic carbocycles. The van der Waals surface area contributed by atoms with Crippen molar-refractivity contribution in [3.8, 4) is 0 Å². The maximum absolute atomic E-state index is 12.8. The van der Waals surface area contributed by atoms with E-state index in [1.807, 2.05) is 4.90 Å². The second kappa shape index (κ2) is 9.19. The maximum atomic E-state index is 12.8. The molecule has 1 saturated heterocycles. The van der Waals surface area contributed by atoms with E-state index in [9.17, 15) is 4.79 Å². The minimum Gasteiger partial charge on any atom is -0.337 e. The van der Waals surface area contributed by atoms with Gasteiger partial charge < -0.3 is 4.90 Å². The highest BCUT2D eigenvalue weighted by atomic mass is 16.2. The summed E-state index contributed by atoms with van der Waals surface area (Å²) in [6.07, 6.45) is 0.999. The second-order valence-electron chi connectivity index (χ2n) is 7.21. The number of piperazine rings is 1.